The second kappa shape index (κ2) is 5.26. The van der Waals surface area contributed by atoms with Gasteiger partial charge in [0.05, 0.1) is 18.0 Å². The van der Waals surface area contributed by atoms with E-state index in [4.69, 9.17) is 10.00 Å². The monoisotopic (exact) mass is 245 g/mol. The maximum atomic E-state index is 8.98. The third kappa shape index (κ3) is 2.01. The van der Waals surface area contributed by atoms with Crippen molar-refractivity contribution in [1.82, 2.24) is 4.98 Å². The van der Waals surface area contributed by atoms with Gasteiger partial charge in [-0.2, -0.15) is 5.26 Å². The van der Waals surface area contributed by atoms with Crippen LogP contribution in [0.5, 0.6) is 5.75 Å². The zero-order valence-corrected chi connectivity index (χ0v) is 11.2. The number of fused-ring (bicyclic) bond motifs is 3. The SMILES string of the molecule is CC.Cc1ccnc2c1OCC1CC(C#N)CN21. The molecule has 2 aliphatic heterocycles. The van der Waals surface area contributed by atoms with E-state index in [1.807, 2.05) is 26.8 Å². The molecule has 2 aliphatic rings. The van der Waals surface area contributed by atoms with Gasteiger partial charge < -0.3 is 9.64 Å². The molecule has 0 aromatic carbocycles. The lowest BCUT2D eigenvalue weighted by Gasteiger charge is -2.32. The van der Waals surface area contributed by atoms with Gasteiger partial charge in [-0.25, -0.2) is 4.98 Å². The molecule has 0 bridgehead atoms. The van der Waals surface area contributed by atoms with E-state index < -0.39 is 0 Å². The van der Waals surface area contributed by atoms with Crippen LogP contribution >= 0.6 is 0 Å². The first-order valence-corrected chi connectivity index (χ1v) is 6.54. The summed E-state index contributed by atoms with van der Waals surface area (Å²) in [5.74, 6) is 1.91. The Labute approximate surface area is 108 Å². The molecule has 18 heavy (non-hydrogen) atoms. The largest absolute Gasteiger partial charge is 0.487 e. The molecule has 0 amide bonds. The Morgan fingerprint density at radius 1 is 1.50 bits per heavy atom. The number of ether oxygens (including phenoxy) is 1. The van der Waals surface area contributed by atoms with E-state index in [1.165, 1.54) is 0 Å². The molecule has 1 aromatic heterocycles. The topological polar surface area (TPSA) is 49.1 Å². The minimum absolute atomic E-state index is 0.113. The van der Waals surface area contributed by atoms with Gasteiger partial charge in [0.25, 0.3) is 0 Å². The number of aromatic nitrogens is 1. The lowest BCUT2D eigenvalue weighted by molar-refractivity contribution is 0.267. The summed E-state index contributed by atoms with van der Waals surface area (Å²) in [5.41, 5.74) is 1.11. The van der Waals surface area contributed by atoms with E-state index in [2.05, 4.69) is 16.0 Å². The molecule has 0 aliphatic carbocycles. The van der Waals surface area contributed by atoms with Crippen LogP contribution in [0.4, 0.5) is 5.82 Å². The number of anilines is 1. The second-order valence-electron chi connectivity index (χ2n) is 4.46. The van der Waals surface area contributed by atoms with Crippen molar-refractivity contribution in [2.45, 2.75) is 33.2 Å². The first-order chi connectivity index (χ1) is 8.79. The van der Waals surface area contributed by atoms with Crippen molar-refractivity contribution in [3.8, 4) is 11.8 Å². The van der Waals surface area contributed by atoms with Crippen LogP contribution in [-0.4, -0.2) is 24.2 Å². The third-order valence-electron chi connectivity index (χ3n) is 3.37. The predicted octanol–water partition coefficient (Wildman–Crippen LogP) is 2.53. The van der Waals surface area contributed by atoms with Crippen molar-refractivity contribution in [2.75, 3.05) is 18.1 Å². The van der Waals surface area contributed by atoms with Crippen LogP contribution in [0.3, 0.4) is 0 Å². The van der Waals surface area contributed by atoms with Crippen molar-refractivity contribution in [1.29, 1.82) is 5.26 Å². The molecule has 2 unspecified atom stereocenters. The summed E-state index contributed by atoms with van der Waals surface area (Å²) in [6.07, 6.45) is 2.70. The van der Waals surface area contributed by atoms with Crippen molar-refractivity contribution in [3.05, 3.63) is 17.8 Å². The summed E-state index contributed by atoms with van der Waals surface area (Å²) >= 11 is 0. The standard InChI is InChI=1S/C12H13N3O.C2H6/c1-8-2-3-14-12-11(8)16-7-10-4-9(5-13)6-15(10)12;1-2/h2-3,9-10H,4,6-7H2,1H3;1-2H3. The highest BCUT2D eigenvalue weighted by Crippen LogP contribution is 2.39. The van der Waals surface area contributed by atoms with Crippen molar-refractivity contribution in [3.63, 3.8) is 0 Å². The molecule has 4 nitrogen and oxygen atoms in total. The Balaban J connectivity index is 0.000000574. The average molecular weight is 245 g/mol. The van der Waals surface area contributed by atoms with Gasteiger partial charge in [-0.15, -0.1) is 0 Å². The number of nitrogens with zero attached hydrogens (tertiary/aromatic N) is 3. The van der Waals surface area contributed by atoms with Crippen molar-refractivity contribution >= 4 is 5.82 Å². The van der Waals surface area contributed by atoms with Crippen LogP contribution in [0.1, 0.15) is 25.8 Å². The first-order valence-electron chi connectivity index (χ1n) is 6.54. The molecule has 4 heteroatoms. The number of nitriles is 1. The summed E-state index contributed by atoms with van der Waals surface area (Å²) in [4.78, 5) is 6.60. The lowest BCUT2D eigenvalue weighted by Crippen LogP contribution is -2.39. The van der Waals surface area contributed by atoms with E-state index in [1.54, 1.807) is 6.20 Å². The highest BCUT2D eigenvalue weighted by molar-refractivity contribution is 5.59. The molecule has 1 fully saturated rings. The first kappa shape index (κ1) is 12.7. The van der Waals surface area contributed by atoms with Gasteiger partial charge in [-0.05, 0) is 25.0 Å². The highest BCUT2D eigenvalue weighted by atomic mass is 16.5. The summed E-state index contributed by atoms with van der Waals surface area (Å²) in [6, 6.07) is 4.62. The molecule has 1 saturated heterocycles. The number of hydrogen-bond donors (Lipinski definition) is 0. The molecule has 2 atom stereocenters. The van der Waals surface area contributed by atoms with Crippen LogP contribution in [0.25, 0.3) is 0 Å². The number of pyridine rings is 1. The lowest BCUT2D eigenvalue weighted by atomic mass is 10.1. The number of aryl methyl sites for hydroxylation is 1. The Kier molecular flexibility index (Phi) is 3.71. The van der Waals surface area contributed by atoms with Crippen molar-refractivity contribution in [2.24, 2.45) is 5.92 Å². The molecule has 3 heterocycles. The fourth-order valence-corrected chi connectivity index (χ4v) is 2.52. The van der Waals surface area contributed by atoms with Gasteiger partial charge in [0.15, 0.2) is 11.6 Å². The van der Waals surface area contributed by atoms with Crippen LogP contribution in [0.15, 0.2) is 12.3 Å². The summed E-state index contributed by atoms with van der Waals surface area (Å²) in [6.45, 7) is 7.49. The van der Waals surface area contributed by atoms with Gasteiger partial charge in [-0.3, -0.25) is 0 Å². The molecule has 0 spiro atoms. The average Bonchev–Trinajstić information content (AvgIpc) is 2.85. The van der Waals surface area contributed by atoms with Gasteiger partial charge in [0, 0.05) is 12.7 Å². The molecular formula is C14H19N3O. The van der Waals surface area contributed by atoms with E-state index in [0.29, 0.717) is 12.6 Å². The molecular weight excluding hydrogens is 226 g/mol. The number of hydrogen-bond acceptors (Lipinski definition) is 4. The van der Waals surface area contributed by atoms with E-state index >= 15 is 0 Å². The Morgan fingerprint density at radius 2 is 2.28 bits per heavy atom. The summed E-state index contributed by atoms with van der Waals surface area (Å²) in [7, 11) is 0. The van der Waals surface area contributed by atoms with Gasteiger partial charge >= 0.3 is 0 Å². The predicted molar refractivity (Wildman–Crippen MR) is 70.7 cm³/mol. The minimum Gasteiger partial charge on any atom is -0.487 e. The maximum absolute atomic E-state index is 8.98. The number of rotatable bonds is 0. The van der Waals surface area contributed by atoms with E-state index in [0.717, 1.165) is 30.1 Å². The minimum atomic E-state index is 0.113. The maximum Gasteiger partial charge on any atom is 0.172 e. The van der Waals surface area contributed by atoms with E-state index in [9.17, 15) is 0 Å². The molecule has 3 rings (SSSR count). The Morgan fingerprint density at radius 3 is 3.00 bits per heavy atom. The molecule has 0 saturated carbocycles. The van der Waals surface area contributed by atoms with Gasteiger partial charge in [0.2, 0.25) is 0 Å². The highest BCUT2D eigenvalue weighted by Gasteiger charge is 2.38. The molecule has 0 N–H and O–H groups in total. The summed E-state index contributed by atoms with van der Waals surface area (Å²) < 4.78 is 5.75. The van der Waals surface area contributed by atoms with Crippen molar-refractivity contribution < 1.29 is 4.74 Å². The zero-order valence-electron chi connectivity index (χ0n) is 11.2. The van der Waals surface area contributed by atoms with Crippen LogP contribution < -0.4 is 9.64 Å². The van der Waals surface area contributed by atoms with Gasteiger partial charge in [0.1, 0.15) is 6.61 Å². The van der Waals surface area contributed by atoms with Crippen LogP contribution in [-0.2, 0) is 0 Å². The quantitative estimate of drug-likeness (QED) is 0.704. The Hall–Kier alpha value is -1.76. The normalized spacial score (nSPS) is 24.0. The van der Waals surface area contributed by atoms with Crippen LogP contribution in [0.2, 0.25) is 0 Å². The molecule has 1 aromatic rings. The fourth-order valence-electron chi connectivity index (χ4n) is 2.52. The molecule has 96 valence electrons. The zero-order chi connectivity index (χ0) is 13.1. The smallest absolute Gasteiger partial charge is 0.172 e. The fraction of sp³-hybridized carbons (Fsp3) is 0.571. The second-order valence-corrected chi connectivity index (χ2v) is 4.46. The van der Waals surface area contributed by atoms with Crippen LogP contribution in [0, 0.1) is 24.2 Å². The summed E-state index contributed by atoms with van der Waals surface area (Å²) in [5, 5.41) is 8.98. The van der Waals surface area contributed by atoms with E-state index in [-0.39, 0.29) is 5.92 Å². The Bertz CT molecular complexity index is 467. The van der Waals surface area contributed by atoms with Gasteiger partial charge in [-0.1, -0.05) is 13.8 Å². The third-order valence-corrected chi connectivity index (χ3v) is 3.37. The molecule has 0 radical (unpaired) electrons.